The lowest BCUT2D eigenvalue weighted by Gasteiger charge is -2.27. The molecule has 2 aromatic carbocycles. The van der Waals surface area contributed by atoms with Crippen LogP contribution < -0.4 is 21.1 Å². The number of anilines is 1. The Hall–Kier alpha value is -3.74. The molecule has 11 nitrogen and oxygen atoms in total. The van der Waals surface area contributed by atoms with Crippen molar-refractivity contribution in [2.45, 2.75) is 86.4 Å². The van der Waals surface area contributed by atoms with E-state index in [0.717, 1.165) is 30.4 Å². The van der Waals surface area contributed by atoms with Gasteiger partial charge in [0.2, 0.25) is 5.91 Å². The number of nitrogens with one attached hydrogen (secondary N) is 3. The molecule has 2 aromatic rings. The topological polar surface area (TPSA) is 188 Å². The van der Waals surface area contributed by atoms with Gasteiger partial charge >= 0.3 is 5.97 Å². The summed E-state index contributed by atoms with van der Waals surface area (Å²) >= 11 is 0. The lowest BCUT2D eigenvalue weighted by atomic mass is 9.95. The lowest BCUT2D eigenvalue weighted by Crippen LogP contribution is -2.61. The van der Waals surface area contributed by atoms with E-state index < -0.39 is 51.0 Å². The summed E-state index contributed by atoms with van der Waals surface area (Å²) in [6.45, 7) is 3.74. The number of aliphatic carboxylic acids is 1. The lowest BCUT2D eigenvalue weighted by molar-refractivity contribution is -0.137. The molecular weight excluding hydrogens is 572 g/mol. The molecule has 2 aliphatic carbocycles. The third kappa shape index (κ3) is 7.62. The molecule has 12 heteroatoms. The molecule has 43 heavy (non-hydrogen) atoms. The van der Waals surface area contributed by atoms with Crippen LogP contribution in [0.3, 0.4) is 0 Å². The number of para-hydroxylation sites is 1. The summed E-state index contributed by atoms with van der Waals surface area (Å²) in [5, 5.41) is 24.8. The molecule has 0 saturated heterocycles. The molecule has 232 valence electrons. The summed E-state index contributed by atoms with van der Waals surface area (Å²) in [5.74, 6) is -2.71. The number of carboxylic acid groups (broad SMARTS) is 1. The van der Waals surface area contributed by atoms with Crippen LogP contribution in [-0.2, 0) is 37.2 Å². The Kier molecular flexibility index (Phi) is 9.93. The summed E-state index contributed by atoms with van der Waals surface area (Å²) in [7, 11) is -4.40. The van der Waals surface area contributed by atoms with E-state index >= 15 is 0 Å². The second kappa shape index (κ2) is 13.3. The molecule has 0 spiro atoms. The average Bonchev–Trinajstić information content (AvgIpc) is 3.55. The number of aliphatic hydroxyl groups excluding tert-OH is 1. The van der Waals surface area contributed by atoms with Gasteiger partial charge in [-0.2, -0.15) is 0 Å². The number of nitrogens with two attached hydrogens (primary N) is 1. The first-order valence-electron chi connectivity index (χ1n) is 14.5. The fraction of sp³-hybridized carbons (Fsp3) is 0.452. The molecule has 2 aliphatic rings. The fourth-order valence-corrected chi connectivity index (χ4v) is 6.86. The zero-order chi connectivity index (χ0) is 31.3. The van der Waals surface area contributed by atoms with Crippen LogP contribution in [0.4, 0.5) is 5.69 Å². The SMILES string of the molecule is C=C[C@@H]1C[C@]1(NC(=O)C1(N)Cc2ccccc2C1)C(=O)NS(=O)(=O)c1ccccc1NC(O)CCCCCCCC(=O)O. The molecule has 2 amide bonds. The maximum Gasteiger partial charge on any atom is 0.303 e. The molecule has 1 saturated carbocycles. The first kappa shape index (κ1) is 32.2. The van der Waals surface area contributed by atoms with Crippen molar-refractivity contribution in [3.05, 3.63) is 72.3 Å². The van der Waals surface area contributed by atoms with Gasteiger partial charge in [-0.15, -0.1) is 6.58 Å². The van der Waals surface area contributed by atoms with Gasteiger partial charge in [0, 0.05) is 12.3 Å². The molecule has 0 aliphatic heterocycles. The largest absolute Gasteiger partial charge is 0.481 e. The molecule has 0 radical (unpaired) electrons. The van der Waals surface area contributed by atoms with Gasteiger partial charge in [-0.3, -0.25) is 14.4 Å². The Labute approximate surface area is 252 Å². The first-order chi connectivity index (χ1) is 20.4. The van der Waals surface area contributed by atoms with E-state index in [1.54, 1.807) is 6.07 Å². The Morgan fingerprint density at radius 1 is 0.977 bits per heavy atom. The molecule has 7 N–H and O–H groups in total. The van der Waals surface area contributed by atoms with E-state index in [-0.39, 0.29) is 23.4 Å². The highest BCUT2D eigenvalue weighted by atomic mass is 32.2. The predicted molar refractivity (Wildman–Crippen MR) is 161 cm³/mol. The summed E-state index contributed by atoms with van der Waals surface area (Å²) in [6, 6.07) is 13.5. The minimum absolute atomic E-state index is 0.121. The maximum atomic E-state index is 13.5. The Morgan fingerprint density at radius 2 is 1.58 bits per heavy atom. The Balaban J connectivity index is 1.38. The first-order valence-corrected chi connectivity index (χ1v) is 16.0. The average molecular weight is 613 g/mol. The van der Waals surface area contributed by atoms with Crippen LogP contribution in [0.1, 0.15) is 62.5 Å². The van der Waals surface area contributed by atoms with Crippen molar-refractivity contribution in [1.29, 1.82) is 0 Å². The summed E-state index contributed by atoms with van der Waals surface area (Å²) < 4.78 is 29.0. The van der Waals surface area contributed by atoms with Gasteiger partial charge in [-0.25, -0.2) is 13.1 Å². The van der Waals surface area contributed by atoms with Crippen molar-refractivity contribution < 1.29 is 33.0 Å². The molecule has 1 unspecified atom stereocenters. The number of carboxylic acids is 1. The van der Waals surface area contributed by atoms with Gasteiger partial charge in [0.05, 0.1) is 5.69 Å². The normalized spacial score (nSPS) is 20.8. The minimum atomic E-state index is -4.40. The van der Waals surface area contributed by atoms with E-state index in [9.17, 15) is 27.9 Å². The Bertz CT molecular complexity index is 1450. The highest BCUT2D eigenvalue weighted by Crippen LogP contribution is 2.45. The number of hydrogen-bond donors (Lipinski definition) is 6. The zero-order valence-electron chi connectivity index (χ0n) is 24.1. The summed E-state index contributed by atoms with van der Waals surface area (Å²) in [4.78, 5) is 37.2. The van der Waals surface area contributed by atoms with Crippen LogP contribution in [0.25, 0.3) is 0 Å². The number of fused-ring (bicyclic) bond motifs is 1. The van der Waals surface area contributed by atoms with Crippen molar-refractivity contribution in [3.63, 3.8) is 0 Å². The number of sulfonamides is 1. The van der Waals surface area contributed by atoms with Gasteiger partial charge in [-0.1, -0.05) is 61.7 Å². The van der Waals surface area contributed by atoms with Gasteiger partial charge in [0.25, 0.3) is 15.9 Å². The maximum absolute atomic E-state index is 13.5. The van der Waals surface area contributed by atoms with Crippen LogP contribution in [0.15, 0.2) is 66.1 Å². The molecule has 4 rings (SSSR count). The third-order valence-corrected chi connectivity index (χ3v) is 9.61. The Morgan fingerprint density at radius 3 is 2.21 bits per heavy atom. The smallest absolute Gasteiger partial charge is 0.303 e. The highest BCUT2D eigenvalue weighted by molar-refractivity contribution is 7.90. The monoisotopic (exact) mass is 612 g/mol. The minimum Gasteiger partial charge on any atom is -0.481 e. The number of hydrogen-bond acceptors (Lipinski definition) is 8. The zero-order valence-corrected chi connectivity index (χ0v) is 24.9. The summed E-state index contributed by atoms with van der Waals surface area (Å²) in [6.07, 6.45) is 5.41. The van der Waals surface area contributed by atoms with E-state index in [2.05, 4.69) is 21.9 Å². The second-order valence-corrected chi connectivity index (χ2v) is 13.2. The van der Waals surface area contributed by atoms with Crippen LogP contribution in [0, 0.1) is 5.92 Å². The number of amides is 2. The van der Waals surface area contributed by atoms with Crippen molar-refractivity contribution in [2.75, 3.05) is 5.32 Å². The quantitative estimate of drug-likeness (QED) is 0.0941. The van der Waals surface area contributed by atoms with Gasteiger partial charge < -0.3 is 26.6 Å². The predicted octanol–water partition coefficient (Wildman–Crippen LogP) is 2.59. The molecule has 0 bridgehead atoms. The number of benzene rings is 2. The molecule has 3 atom stereocenters. The second-order valence-electron chi connectivity index (χ2n) is 11.5. The van der Waals surface area contributed by atoms with E-state index in [4.69, 9.17) is 10.8 Å². The molecule has 0 aromatic heterocycles. The van der Waals surface area contributed by atoms with E-state index in [1.807, 2.05) is 24.3 Å². The third-order valence-electron chi connectivity index (χ3n) is 8.22. The van der Waals surface area contributed by atoms with Crippen LogP contribution in [0.2, 0.25) is 0 Å². The van der Waals surface area contributed by atoms with Crippen LogP contribution >= 0.6 is 0 Å². The van der Waals surface area contributed by atoms with Crippen LogP contribution in [0.5, 0.6) is 0 Å². The van der Waals surface area contributed by atoms with Crippen LogP contribution in [-0.4, -0.2) is 53.7 Å². The number of carbonyl (C=O) groups excluding carboxylic acids is 2. The number of aliphatic hydroxyl groups is 1. The van der Waals surface area contributed by atoms with Crippen molar-refractivity contribution >= 4 is 33.5 Å². The number of rotatable bonds is 16. The molecular formula is C31H40N4O7S. The van der Waals surface area contributed by atoms with Crippen molar-refractivity contribution in [3.8, 4) is 0 Å². The van der Waals surface area contributed by atoms with Crippen molar-refractivity contribution in [1.82, 2.24) is 10.0 Å². The highest BCUT2D eigenvalue weighted by Gasteiger charge is 2.62. The van der Waals surface area contributed by atoms with Gasteiger partial charge in [0.15, 0.2) is 0 Å². The number of carbonyl (C=O) groups is 3. The molecule has 0 heterocycles. The van der Waals surface area contributed by atoms with Gasteiger partial charge in [0.1, 0.15) is 22.2 Å². The van der Waals surface area contributed by atoms with E-state index in [0.29, 0.717) is 32.1 Å². The standard InChI is InChI=1S/C31H40N4O7S/c1-2-23-20-31(23,34-28(39)30(32)18-21-12-8-9-13-22(21)19-30)29(40)35-43(41,42)25-15-11-10-14-24(25)33-26(36)16-6-4-3-5-7-17-27(37)38/h2,8-15,23,26,33,36H,1,3-7,16-20,32H2,(H,34,39)(H,35,40)(H,37,38)/t23-,26?,31-/m1/s1. The van der Waals surface area contributed by atoms with E-state index in [1.165, 1.54) is 24.3 Å². The summed E-state index contributed by atoms with van der Waals surface area (Å²) in [5.41, 5.74) is 5.76. The fourth-order valence-electron chi connectivity index (χ4n) is 5.65. The van der Waals surface area contributed by atoms with Gasteiger partial charge in [-0.05, 0) is 61.8 Å². The van der Waals surface area contributed by atoms with Crippen molar-refractivity contribution in [2.24, 2.45) is 11.7 Å². The molecule has 1 fully saturated rings. The number of unbranched alkanes of at least 4 members (excludes halogenated alkanes) is 4.